The summed E-state index contributed by atoms with van der Waals surface area (Å²) in [5.41, 5.74) is 12.1. The van der Waals surface area contributed by atoms with Gasteiger partial charge in [-0.15, -0.1) is 11.3 Å². The number of hydrogen-bond donors (Lipinski definition) is 0. The average molecular weight is 620 g/mol. The van der Waals surface area contributed by atoms with Gasteiger partial charge in [-0.05, 0) is 70.8 Å². The molecule has 3 heterocycles. The highest BCUT2D eigenvalue weighted by Gasteiger charge is 2.36. The number of rotatable bonds is 3. The zero-order valence-electron chi connectivity index (χ0n) is 26.0. The van der Waals surface area contributed by atoms with Crippen LogP contribution in [0.2, 0.25) is 0 Å². The molecule has 222 valence electrons. The van der Waals surface area contributed by atoms with Crippen LogP contribution in [0.25, 0.3) is 81.6 Å². The molecule has 47 heavy (non-hydrogen) atoms. The predicted octanol–water partition coefficient (Wildman–Crippen LogP) is 11.6. The summed E-state index contributed by atoms with van der Waals surface area (Å²) in [5, 5.41) is 4.88. The van der Waals surface area contributed by atoms with Crippen LogP contribution in [0.3, 0.4) is 0 Å². The third-order valence-electron chi connectivity index (χ3n) is 10.0. The quantitative estimate of drug-likeness (QED) is 0.197. The second kappa shape index (κ2) is 9.71. The van der Waals surface area contributed by atoms with Gasteiger partial charge in [-0.25, -0.2) is 9.97 Å². The minimum absolute atomic E-state index is 0.0652. The largest absolute Gasteiger partial charge is 0.309 e. The first kappa shape index (κ1) is 26.6. The zero-order valence-corrected chi connectivity index (χ0v) is 26.8. The van der Waals surface area contributed by atoms with Crippen molar-refractivity contribution in [2.75, 3.05) is 0 Å². The zero-order chi connectivity index (χ0) is 31.3. The number of thiophene rings is 1. The van der Waals surface area contributed by atoms with Crippen molar-refractivity contribution in [3.63, 3.8) is 0 Å². The fourth-order valence-corrected chi connectivity index (χ4v) is 8.83. The maximum Gasteiger partial charge on any atom is 0.161 e. The lowest BCUT2D eigenvalue weighted by atomic mass is 9.82. The predicted molar refractivity (Wildman–Crippen MR) is 198 cm³/mol. The Balaban J connectivity index is 1.15. The SMILES string of the molecule is CC1(C)c2ccccc2-c2cc3c4ccccc4n(-c4ccc(-c5nc(-c6ccccc6)c6c(n5)sc5ccccc56)cc4)c3cc21. The third kappa shape index (κ3) is 3.79. The molecule has 3 aromatic heterocycles. The molecule has 0 spiro atoms. The van der Waals surface area contributed by atoms with Crippen LogP contribution in [0.5, 0.6) is 0 Å². The summed E-state index contributed by atoms with van der Waals surface area (Å²) < 4.78 is 3.64. The highest BCUT2D eigenvalue weighted by Crippen LogP contribution is 2.51. The molecule has 0 aliphatic heterocycles. The normalized spacial score (nSPS) is 13.5. The number of benzene rings is 6. The maximum absolute atomic E-state index is 5.22. The van der Waals surface area contributed by atoms with Crippen LogP contribution < -0.4 is 0 Å². The van der Waals surface area contributed by atoms with Crippen molar-refractivity contribution in [1.82, 2.24) is 14.5 Å². The lowest BCUT2D eigenvalue weighted by Crippen LogP contribution is -2.14. The summed E-state index contributed by atoms with van der Waals surface area (Å²) in [6, 6.07) is 50.3. The molecular formula is C43H29N3S. The average Bonchev–Trinajstić information content (AvgIpc) is 3.73. The highest BCUT2D eigenvalue weighted by atomic mass is 32.1. The molecule has 0 bridgehead atoms. The van der Waals surface area contributed by atoms with E-state index in [1.165, 1.54) is 54.1 Å². The fraction of sp³-hybridized carbons (Fsp3) is 0.0698. The fourth-order valence-electron chi connectivity index (χ4n) is 7.76. The van der Waals surface area contributed by atoms with Gasteiger partial charge in [0, 0.05) is 48.5 Å². The Bertz CT molecular complexity index is 2700. The van der Waals surface area contributed by atoms with E-state index in [0.29, 0.717) is 0 Å². The molecule has 0 saturated heterocycles. The Morgan fingerprint density at radius 2 is 1.28 bits per heavy atom. The Morgan fingerprint density at radius 1 is 0.553 bits per heavy atom. The lowest BCUT2D eigenvalue weighted by molar-refractivity contribution is 0.661. The Labute approximate surface area is 276 Å². The molecule has 0 fully saturated rings. The molecule has 1 aliphatic carbocycles. The van der Waals surface area contributed by atoms with E-state index in [1.807, 2.05) is 0 Å². The number of para-hydroxylation sites is 1. The first-order chi connectivity index (χ1) is 23.1. The molecule has 4 heteroatoms. The van der Waals surface area contributed by atoms with E-state index < -0.39 is 0 Å². The Morgan fingerprint density at radius 3 is 2.13 bits per heavy atom. The van der Waals surface area contributed by atoms with Gasteiger partial charge in [0.1, 0.15) is 4.83 Å². The van der Waals surface area contributed by atoms with E-state index in [1.54, 1.807) is 11.3 Å². The van der Waals surface area contributed by atoms with Crippen molar-refractivity contribution in [2.45, 2.75) is 19.3 Å². The molecule has 6 aromatic carbocycles. The van der Waals surface area contributed by atoms with Crippen LogP contribution in [-0.2, 0) is 5.41 Å². The van der Waals surface area contributed by atoms with Crippen LogP contribution in [-0.4, -0.2) is 14.5 Å². The first-order valence-electron chi connectivity index (χ1n) is 16.1. The molecule has 3 nitrogen and oxygen atoms in total. The standard InChI is InChI=1S/C43H29N3S/c1-43(2)34-17-9-6-14-29(34)32-24-33-30-15-7-10-18-36(30)46(37(33)25-35(32)43)28-22-20-27(21-23-28)41-44-40(26-12-4-3-5-13-26)39-31-16-8-11-19-38(31)47-42(39)45-41/h3-25H,1-2H3. The number of hydrogen-bond acceptors (Lipinski definition) is 3. The van der Waals surface area contributed by atoms with E-state index in [0.717, 1.165) is 38.5 Å². The summed E-state index contributed by atoms with van der Waals surface area (Å²) in [7, 11) is 0. The summed E-state index contributed by atoms with van der Waals surface area (Å²) in [4.78, 5) is 11.4. The van der Waals surface area contributed by atoms with Gasteiger partial charge in [0.25, 0.3) is 0 Å². The van der Waals surface area contributed by atoms with Crippen molar-refractivity contribution in [3.05, 3.63) is 151 Å². The van der Waals surface area contributed by atoms with E-state index >= 15 is 0 Å². The van der Waals surface area contributed by atoms with Gasteiger partial charge in [-0.3, -0.25) is 0 Å². The second-order valence-electron chi connectivity index (χ2n) is 13.0. The van der Waals surface area contributed by atoms with E-state index in [2.05, 4.69) is 158 Å². The van der Waals surface area contributed by atoms with Gasteiger partial charge in [0.2, 0.25) is 0 Å². The van der Waals surface area contributed by atoms with Crippen LogP contribution in [0.4, 0.5) is 0 Å². The third-order valence-corrected chi connectivity index (χ3v) is 11.1. The minimum atomic E-state index is -0.0652. The van der Waals surface area contributed by atoms with Crippen molar-refractivity contribution < 1.29 is 0 Å². The van der Waals surface area contributed by atoms with E-state index in [9.17, 15) is 0 Å². The molecule has 0 saturated carbocycles. The van der Waals surface area contributed by atoms with Crippen molar-refractivity contribution >= 4 is 53.4 Å². The Hall–Kier alpha value is -5.58. The van der Waals surface area contributed by atoms with Gasteiger partial charge in [-0.1, -0.05) is 105 Å². The van der Waals surface area contributed by atoms with Crippen LogP contribution in [0.1, 0.15) is 25.0 Å². The summed E-state index contributed by atoms with van der Waals surface area (Å²) in [5.74, 6) is 0.744. The number of fused-ring (bicyclic) bond motifs is 9. The van der Waals surface area contributed by atoms with Crippen LogP contribution in [0.15, 0.2) is 140 Å². The molecule has 0 unspecified atom stereocenters. The first-order valence-corrected chi connectivity index (χ1v) is 16.9. The van der Waals surface area contributed by atoms with Crippen LogP contribution in [0, 0.1) is 0 Å². The topological polar surface area (TPSA) is 30.7 Å². The molecule has 10 rings (SSSR count). The molecule has 1 aliphatic rings. The van der Waals surface area contributed by atoms with Crippen LogP contribution >= 0.6 is 11.3 Å². The maximum atomic E-state index is 5.22. The summed E-state index contributed by atoms with van der Waals surface area (Å²) in [6.45, 7) is 4.70. The number of nitrogens with zero attached hydrogens (tertiary/aromatic N) is 3. The summed E-state index contributed by atoms with van der Waals surface area (Å²) >= 11 is 1.73. The van der Waals surface area contributed by atoms with Gasteiger partial charge in [0.05, 0.1) is 16.7 Å². The molecule has 9 aromatic rings. The highest BCUT2D eigenvalue weighted by molar-refractivity contribution is 7.25. The molecule has 0 amide bonds. The number of aromatic nitrogens is 3. The summed E-state index contributed by atoms with van der Waals surface area (Å²) in [6.07, 6.45) is 0. The van der Waals surface area contributed by atoms with E-state index in [-0.39, 0.29) is 5.41 Å². The smallest absolute Gasteiger partial charge is 0.161 e. The lowest BCUT2D eigenvalue weighted by Gasteiger charge is -2.21. The van der Waals surface area contributed by atoms with Crippen molar-refractivity contribution in [2.24, 2.45) is 0 Å². The van der Waals surface area contributed by atoms with Gasteiger partial charge >= 0.3 is 0 Å². The minimum Gasteiger partial charge on any atom is -0.309 e. The molecule has 0 N–H and O–H groups in total. The molecule has 0 atom stereocenters. The van der Waals surface area contributed by atoms with E-state index in [4.69, 9.17) is 9.97 Å². The second-order valence-corrected chi connectivity index (χ2v) is 14.1. The monoisotopic (exact) mass is 619 g/mol. The van der Waals surface area contributed by atoms with Crippen molar-refractivity contribution in [1.29, 1.82) is 0 Å². The Kier molecular flexibility index (Phi) is 5.50. The molecule has 0 radical (unpaired) electrons. The van der Waals surface area contributed by atoms with Gasteiger partial charge in [-0.2, -0.15) is 0 Å². The molecular weight excluding hydrogens is 591 g/mol. The van der Waals surface area contributed by atoms with Gasteiger partial charge in [0.15, 0.2) is 5.82 Å². The van der Waals surface area contributed by atoms with Crippen molar-refractivity contribution in [3.8, 4) is 39.5 Å². The van der Waals surface area contributed by atoms with Gasteiger partial charge < -0.3 is 4.57 Å².